The number of methoxy groups -OCH3 is 1. The maximum absolute atomic E-state index is 12.4. The predicted octanol–water partition coefficient (Wildman–Crippen LogP) is 2.25. The Balaban J connectivity index is 2.03. The van der Waals surface area contributed by atoms with Crippen LogP contribution in [0.1, 0.15) is 24.5 Å². The van der Waals surface area contributed by atoms with Crippen molar-refractivity contribution in [2.75, 3.05) is 12.8 Å². The van der Waals surface area contributed by atoms with Gasteiger partial charge in [-0.2, -0.15) is 4.98 Å². The van der Waals surface area contributed by atoms with Gasteiger partial charge in [-0.3, -0.25) is 0 Å². The van der Waals surface area contributed by atoms with Crippen LogP contribution in [0.5, 0.6) is 5.75 Å². The van der Waals surface area contributed by atoms with Gasteiger partial charge in [0.2, 0.25) is 0 Å². The molecule has 2 aromatic heterocycles. The van der Waals surface area contributed by atoms with Gasteiger partial charge in [-0.05, 0) is 37.1 Å². The Morgan fingerprint density at radius 1 is 1.22 bits per heavy atom. The molecule has 0 atom stereocenters. The number of anilines is 1. The lowest BCUT2D eigenvalue weighted by molar-refractivity contribution is 0.414. The monoisotopic (exact) mass is 308 g/mol. The Kier molecular flexibility index (Phi) is 3.04. The summed E-state index contributed by atoms with van der Waals surface area (Å²) in [5, 5.41) is 0.678. The first-order chi connectivity index (χ1) is 11.2. The Hall–Kier alpha value is -2.89. The summed E-state index contributed by atoms with van der Waals surface area (Å²) in [5.74, 6) is 1.36. The molecule has 0 unspecified atom stereocenters. The third-order valence-electron chi connectivity index (χ3n) is 4.10. The lowest BCUT2D eigenvalue weighted by atomic mass is 10.2. The standard InChI is InChI=1S/C17H16N4O2/c1-23-12-4-2-3-11(9-12)21-16-13(15(18)20-17(21)22)7-8-14(19-16)10-5-6-10/h2-4,7-10H,5-6H2,1H3,(H2,18,20,22). The molecule has 0 bridgehead atoms. The van der Waals surface area contributed by atoms with E-state index in [1.165, 1.54) is 4.57 Å². The number of benzene rings is 1. The molecule has 1 fully saturated rings. The molecule has 0 spiro atoms. The number of nitrogen functional groups attached to an aromatic ring is 1. The molecular weight excluding hydrogens is 292 g/mol. The summed E-state index contributed by atoms with van der Waals surface area (Å²) in [6.07, 6.45) is 2.28. The third kappa shape index (κ3) is 2.32. The van der Waals surface area contributed by atoms with Crippen LogP contribution >= 0.6 is 0 Å². The van der Waals surface area contributed by atoms with Crippen molar-refractivity contribution < 1.29 is 4.74 Å². The molecule has 2 N–H and O–H groups in total. The van der Waals surface area contributed by atoms with E-state index in [0.29, 0.717) is 28.4 Å². The Morgan fingerprint density at radius 2 is 2.04 bits per heavy atom. The van der Waals surface area contributed by atoms with Gasteiger partial charge in [0.15, 0.2) is 5.65 Å². The Labute approximate surface area is 132 Å². The number of nitrogens with two attached hydrogens (primary N) is 1. The SMILES string of the molecule is COc1cccc(-n2c(=O)nc(N)c3ccc(C4CC4)nc32)c1. The van der Waals surface area contributed by atoms with E-state index in [9.17, 15) is 4.79 Å². The first kappa shape index (κ1) is 13.8. The second kappa shape index (κ2) is 5.08. The molecule has 4 rings (SSSR count). The van der Waals surface area contributed by atoms with Crippen LogP contribution in [0.3, 0.4) is 0 Å². The number of hydrogen-bond acceptors (Lipinski definition) is 5. The maximum Gasteiger partial charge on any atom is 0.355 e. The van der Waals surface area contributed by atoms with Gasteiger partial charge >= 0.3 is 5.69 Å². The number of fused-ring (bicyclic) bond motifs is 1. The van der Waals surface area contributed by atoms with Crippen molar-refractivity contribution in [2.24, 2.45) is 0 Å². The minimum atomic E-state index is -0.441. The molecular formula is C17H16N4O2. The van der Waals surface area contributed by atoms with Crippen LogP contribution in [0, 0.1) is 0 Å². The highest BCUT2D eigenvalue weighted by Crippen LogP contribution is 2.39. The molecule has 0 aliphatic heterocycles. The number of hydrogen-bond donors (Lipinski definition) is 1. The number of rotatable bonds is 3. The fourth-order valence-corrected chi connectivity index (χ4v) is 2.73. The van der Waals surface area contributed by atoms with Crippen LogP contribution in [0.4, 0.5) is 5.82 Å². The predicted molar refractivity (Wildman–Crippen MR) is 88.1 cm³/mol. The van der Waals surface area contributed by atoms with Gasteiger partial charge in [0.25, 0.3) is 0 Å². The lowest BCUT2D eigenvalue weighted by Gasteiger charge is -2.12. The number of pyridine rings is 1. The first-order valence-electron chi connectivity index (χ1n) is 7.51. The normalized spacial score (nSPS) is 14.1. The zero-order chi connectivity index (χ0) is 16.0. The lowest BCUT2D eigenvalue weighted by Crippen LogP contribution is -2.24. The molecule has 1 saturated carbocycles. The largest absolute Gasteiger partial charge is 0.497 e. The summed E-state index contributed by atoms with van der Waals surface area (Å²) in [5.41, 5.74) is 7.67. The van der Waals surface area contributed by atoms with E-state index in [2.05, 4.69) is 4.98 Å². The minimum Gasteiger partial charge on any atom is -0.497 e. The van der Waals surface area contributed by atoms with Gasteiger partial charge in [-0.1, -0.05) is 6.07 Å². The quantitative estimate of drug-likeness (QED) is 0.802. The van der Waals surface area contributed by atoms with Crippen molar-refractivity contribution in [3.05, 3.63) is 52.6 Å². The van der Waals surface area contributed by atoms with Gasteiger partial charge < -0.3 is 10.5 Å². The zero-order valence-electron chi connectivity index (χ0n) is 12.7. The van der Waals surface area contributed by atoms with Gasteiger partial charge in [-0.15, -0.1) is 0 Å². The van der Waals surface area contributed by atoms with Gasteiger partial charge in [0.1, 0.15) is 11.6 Å². The van der Waals surface area contributed by atoms with Crippen LogP contribution in [-0.2, 0) is 0 Å². The van der Waals surface area contributed by atoms with Crippen molar-refractivity contribution in [1.82, 2.24) is 14.5 Å². The molecule has 23 heavy (non-hydrogen) atoms. The molecule has 0 radical (unpaired) electrons. The van der Waals surface area contributed by atoms with E-state index in [-0.39, 0.29) is 5.82 Å². The average molecular weight is 308 g/mol. The molecule has 116 valence electrons. The van der Waals surface area contributed by atoms with E-state index >= 15 is 0 Å². The van der Waals surface area contributed by atoms with E-state index in [0.717, 1.165) is 18.5 Å². The average Bonchev–Trinajstić information content (AvgIpc) is 3.39. The van der Waals surface area contributed by atoms with Crippen LogP contribution < -0.4 is 16.2 Å². The molecule has 0 amide bonds. The minimum absolute atomic E-state index is 0.207. The van der Waals surface area contributed by atoms with E-state index in [4.69, 9.17) is 15.5 Å². The van der Waals surface area contributed by atoms with E-state index in [1.807, 2.05) is 30.3 Å². The molecule has 1 aromatic carbocycles. The summed E-state index contributed by atoms with van der Waals surface area (Å²) in [4.78, 5) is 21.1. The van der Waals surface area contributed by atoms with Crippen LogP contribution in [-0.4, -0.2) is 21.6 Å². The fraction of sp³-hybridized carbons (Fsp3) is 0.235. The second-order valence-electron chi connectivity index (χ2n) is 5.70. The second-order valence-corrected chi connectivity index (χ2v) is 5.70. The molecule has 6 nitrogen and oxygen atoms in total. The summed E-state index contributed by atoms with van der Waals surface area (Å²) < 4.78 is 6.73. The maximum atomic E-state index is 12.4. The summed E-state index contributed by atoms with van der Waals surface area (Å²) in [6.45, 7) is 0. The van der Waals surface area contributed by atoms with Crippen LogP contribution in [0.15, 0.2) is 41.2 Å². The van der Waals surface area contributed by atoms with Crippen molar-refractivity contribution >= 4 is 16.9 Å². The third-order valence-corrected chi connectivity index (χ3v) is 4.10. The highest BCUT2D eigenvalue weighted by Gasteiger charge is 2.26. The Morgan fingerprint density at radius 3 is 2.78 bits per heavy atom. The van der Waals surface area contributed by atoms with Gasteiger partial charge in [0, 0.05) is 17.7 Å². The summed E-state index contributed by atoms with van der Waals surface area (Å²) >= 11 is 0. The highest BCUT2D eigenvalue weighted by molar-refractivity contribution is 5.86. The fourth-order valence-electron chi connectivity index (χ4n) is 2.73. The number of nitrogens with zero attached hydrogens (tertiary/aromatic N) is 3. The van der Waals surface area contributed by atoms with Gasteiger partial charge in [-0.25, -0.2) is 14.3 Å². The molecule has 2 heterocycles. The number of ether oxygens (including phenoxy) is 1. The van der Waals surface area contributed by atoms with Crippen molar-refractivity contribution in [1.29, 1.82) is 0 Å². The summed E-state index contributed by atoms with van der Waals surface area (Å²) in [6, 6.07) is 11.1. The highest BCUT2D eigenvalue weighted by atomic mass is 16.5. The van der Waals surface area contributed by atoms with Crippen molar-refractivity contribution in [3.63, 3.8) is 0 Å². The van der Waals surface area contributed by atoms with Crippen molar-refractivity contribution in [3.8, 4) is 11.4 Å². The number of aromatic nitrogens is 3. The van der Waals surface area contributed by atoms with Crippen molar-refractivity contribution in [2.45, 2.75) is 18.8 Å². The van der Waals surface area contributed by atoms with Gasteiger partial charge in [0.05, 0.1) is 18.2 Å². The molecule has 1 aliphatic carbocycles. The molecule has 1 aliphatic rings. The van der Waals surface area contributed by atoms with E-state index in [1.54, 1.807) is 13.2 Å². The van der Waals surface area contributed by atoms with Crippen LogP contribution in [0.2, 0.25) is 0 Å². The first-order valence-corrected chi connectivity index (χ1v) is 7.51. The molecule has 6 heteroatoms. The zero-order valence-corrected chi connectivity index (χ0v) is 12.7. The summed E-state index contributed by atoms with van der Waals surface area (Å²) in [7, 11) is 1.59. The molecule has 0 saturated heterocycles. The Bertz CT molecular complexity index is 960. The van der Waals surface area contributed by atoms with Crippen LogP contribution in [0.25, 0.3) is 16.7 Å². The topological polar surface area (TPSA) is 83.0 Å². The molecule has 3 aromatic rings. The van der Waals surface area contributed by atoms with E-state index < -0.39 is 5.69 Å². The smallest absolute Gasteiger partial charge is 0.355 e.